The summed E-state index contributed by atoms with van der Waals surface area (Å²) in [5.41, 5.74) is 2.04. The highest BCUT2D eigenvalue weighted by Crippen LogP contribution is 2.26. The molecular weight excluding hydrogens is 202 g/mol. The summed E-state index contributed by atoms with van der Waals surface area (Å²) in [5.74, 6) is 1.66. The van der Waals surface area contributed by atoms with Crippen LogP contribution in [0.5, 0.6) is 5.75 Å². The zero-order chi connectivity index (χ0) is 11.4. The molecule has 0 unspecified atom stereocenters. The van der Waals surface area contributed by atoms with Gasteiger partial charge in [0.05, 0.1) is 12.7 Å². The van der Waals surface area contributed by atoms with Crippen molar-refractivity contribution in [2.24, 2.45) is 0 Å². The van der Waals surface area contributed by atoms with Crippen molar-refractivity contribution in [2.75, 3.05) is 14.2 Å². The topological polar surface area (TPSA) is 49.9 Å². The summed E-state index contributed by atoms with van der Waals surface area (Å²) < 4.78 is 5.29. The molecule has 0 atom stereocenters. The third-order valence-corrected chi connectivity index (χ3v) is 2.36. The molecule has 0 bridgehead atoms. The fourth-order valence-electron chi connectivity index (χ4n) is 1.62. The number of hydrogen-bond acceptors (Lipinski definition) is 3. The van der Waals surface area contributed by atoms with Crippen molar-refractivity contribution in [3.63, 3.8) is 0 Å². The first kappa shape index (κ1) is 10.7. The molecule has 84 valence electrons. The van der Waals surface area contributed by atoms with Crippen LogP contribution in [0.25, 0.3) is 11.4 Å². The van der Waals surface area contributed by atoms with Gasteiger partial charge in [-0.1, -0.05) is 12.1 Å². The van der Waals surface area contributed by atoms with Gasteiger partial charge in [-0.05, 0) is 19.2 Å². The maximum absolute atomic E-state index is 5.29. The molecule has 0 saturated heterocycles. The zero-order valence-corrected chi connectivity index (χ0v) is 9.45. The van der Waals surface area contributed by atoms with E-state index in [2.05, 4.69) is 15.3 Å². The predicted octanol–water partition coefficient (Wildman–Crippen LogP) is 1.80. The lowest BCUT2D eigenvalue weighted by Gasteiger charge is -2.04. The molecule has 0 amide bonds. The monoisotopic (exact) mass is 217 g/mol. The highest BCUT2D eigenvalue weighted by molar-refractivity contribution is 5.64. The van der Waals surface area contributed by atoms with Gasteiger partial charge in [0.2, 0.25) is 0 Å². The predicted molar refractivity (Wildman–Crippen MR) is 63.3 cm³/mol. The average Bonchev–Trinajstić information content (AvgIpc) is 2.78. The minimum atomic E-state index is 0.780. The fourth-order valence-corrected chi connectivity index (χ4v) is 1.62. The Balaban J connectivity index is 2.34. The van der Waals surface area contributed by atoms with E-state index in [0.29, 0.717) is 0 Å². The molecule has 4 nitrogen and oxygen atoms in total. The number of nitrogens with zero attached hydrogens (tertiary/aromatic N) is 1. The van der Waals surface area contributed by atoms with Crippen LogP contribution in [-0.4, -0.2) is 24.1 Å². The number of para-hydroxylation sites is 1. The van der Waals surface area contributed by atoms with Gasteiger partial charge in [-0.25, -0.2) is 4.98 Å². The normalized spacial score (nSPS) is 10.4. The Kier molecular flexibility index (Phi) is 3.22. The van der Waals surface area contributed by atoms with Crippen LogP contribution in [0.3, 0.4) is 0 Å². The standard InChI is InChI=1S/C12H15N3O/c1-13-7-9-8-14-12(15-9)10-5-3-4-6-11(10)16-2/h3-6,8,13H,7H2,1-2H3,(H,14,15). The number of methoxy groups -OCH3 is 1. The van der Waals surface area contributed by atoms with Crippen molar-refractivity contribution in [1.29, 1.82) is 0 Å². The van der Waals surface area contributed by atoms with E-state index >= 15 is 0 Å². The van der Waals surface area contributed by atoms with Gasteiger partial charge in [0.25, 0.3) is 0 Å². The third-order valence-electron chi connectivity index (χ3n) is 2.36. The quantitative estimate of drug-likeness (QED) is 0.821. The summed E-state index contributed by atoms with van der Waals surface area (Å²) in [6.07, 6.45) is 1.83. The van der Waals surface area contributed by atoms with Crippen LogP contribution in [0.4, 0.5) is 0 Å². The van der Waals surface area contributed by atoms with Gasteiger partial charge in [0.1, 0.15) is 11.6 Å². The van der Waals surface area contributed by atoms with Gasteiger partial charge in [-0.15, -0.1) is 0 Å². The van der Waals surface area contributed by atoms with E-state index < -0.39 is 0 Å². The van der Waals surface area contributed by atoms with Crippen LogP contribution in [0, 0.1) is 0 Å². The highest BCUT2D eigenvalue weighted by Gasteiger charge is 2.07. The maximum Gasteiger partial charge on any atom is 0.141 e. The van der Waals surface area contributed by atoms with E-state index in [1.165, 1.54) is 0 Å². The molecule has 0 spiro atoms. The molecule has 2 rings (SSSR count). The summed E-state index contributed by atoms with van der Waals surface area (Å²) >= 11 is 0. The SMILES string of the molecule is CNCc1cnc(-c2ccccc2OC)[nH]1. The Morgan fingerprint density at radius 3 is 2.94 bits per heavy atom. The number of H-pyrrole nitrogens is 1. The summed E-state index contributed by atoms with van der Waals surface area (Å²) in [6.45, 7) is 0.780. The summed E-state index contributed by atoms with van der Waals surface area (Å²) in [7, 11) is 3.57. The lowest BCUT2D eigenvalue weighted by Crippen LogP contribution is -2.04. The molecule has 0 saturated carbocycles. The second-order valence-electron chi connectivity index (χ2n) is 3.49. The van der Waals surface area contributed by atoms with Crippen LogP contribution in [0.2, 0.25) is 0 Å². The van der Waals surface area contributed by atoms with Crippen molar-refractivity contribution in [1.82, 2.24) is 15.3 Å². The van der Waals surface area contributed by atoms with Crippen LogP contribution >= 0.6 is 0 Å². The van der Waals surface area contributed by atoms with Crippen molar-refractivity contribution < 1.29 is 4.74 Å². The summed E-state index contributed by atoms with van der Waals surface area (Å²) in [4.78, 5) is 7.59. The van der Waals surface area contributed by atoms with Crippen molar-refractivity contribution in [3.8, 4) is 17.1 Å². The summed E-state index contributed by atoms with van der Waals surface area (Å²) in [6, 6.07) is 7.83. The maximum atomic E-state index is 5.29. The Hall–Kier alpha value is -1.81. The molecule has 1 heterocycles. The Morgan fingerprint density at radius 1 is 1.38 bits per heavy atom. The van der Waals surface area contributed by atoms with Gasteiger partial charge in [0, 0.05) is 18.4 Å². The van der Waals surface area contributed by atoms with Crippen LogP contribution in [-0.2, 0) is 6.54 Å². The number of aromatic nitrogens is 2. The van der Waals surface area contributed by atoms with Gasteiger partial charge < -0.3 is 15.0 Å². The largest absolute Gasteiger partial charge is 0.496 e. The number of ether oxygens (including phenoxy) is 1. The highest BCUT2D eigenvalue weighted by atomic mass is 16.5. The second-order valence-corrected chi connectivity index (χ2v) is 3.49. The Morgan fingerprint density at radius 2 is 2.19 bits per heavy atom. The third kappa shape index (κ3) is 2.06. The van der Waals surface area contributed by atoms with Crippen molar-refractivity contribution in [3.05, 3.63) is 36.2 Å². The van der Waals surface area contributed by atoms with Gasteiger partial charge >= 0.3 is 0 Å². The van der Waals surface area contributed by atoms with E-state index in [1.807, 2.05) is 37.5 Å². The molecule has 16 heavy (non-hydrogen) atoms. The van der Waals surface area contributed by atoms with E-state index in [9.17, 15) is 0 Å². The number of nitrogens with one attached hydrogen (secondary N) is 2. The van der Waals surface area contributed by atoms with Gasteiger partial charge in [-0.2, -0.15) is 0 Å². The van der Waals surface area contributed by atoms with E-state index in [1.54, 1.807) is 7.11 Å². The molecule has 2 aromatic rings. The molecule has 0 aliphatic carbocycles. The molecule has 0 fully saturated rings. The number of hydrogen-bond donors (Lipinski definition) is 2. The number of rotatable bonds is 4. The molecule has 1 aromatic carbocycles. The number of benzene rings is 1. The molecule has 0 aliphatic heterocycles. The van der Waals surface area contributed by atoms with Crippen molar-refractivity contribution in [2.45, 2.75) is 6.54 Å². The lowest BCUT2D eigenvalue weighted by molar-refractivity contribution is 0.416. The minimum absolute atomic E-state index is 0.780. The van der Waals surface area contributed by atoms with Gasteiger partial charge in [0.15, 0.2) is 0 Å². The van der Waals surface area contributed by atoms with E-state index in [0.717, 1.165) is 29.4 Å². The number of imidazole rings is 1. The average molecular weight is 217 g/mol. The number of aromatic amines is 1. The Bertz CT molecular complexity index is 465. The first-order chi connectivity index (χ1) is 7.85. The molecular formula is C12H15N3O. The zero-order valence-electron chi connectivity index (χ0n) is 9.45. The molecule has 4 heteroatoms. The van der Waals surface area contributed by atoms with Crippen LogP contribution in [0.15, 0.2) is 30.5 Å². The molecule has 0 radical (unpaired) electrons. The van der Waals surface area contributed by atoms with Gasteiger partial charge in [-0.3, -0.25) is 0 Å². The van der Waals surface area contributed by atoms with Crippen molar-refractivity contribution >= 4 is 0 Å². The first-order valence-electron chi connectivity index (χ1n) is 5.17. The van der Waals surface area contributed by atoms with Crippen LogP contribution < -0.4 is 10.1 Å². The van der Waals surface area contributed by atoms with E-state index in [-0.39, 0.29) is 0 Å². The minimum Gasteiger partial charge on any atom is -0.496 e. The lowest BCUT2D eigenvalue weighted by atomic mass is 10.2. The second kappa shape index (κ2) is 4.81. The fraction of sp³-hybridized carbons (Fsp3) is 0.250. The Labute approximate surface area is 94.7 Å². The molecule has 2 N–H and O–H groups in total. The van der Waals surface area contributed by atoms with Crippen LogP contribution in [0.1, 0.15) is 5.69 Å². The molecule has 1 aromatic heterocycles. The smallest absolute Gasteiger partial charge is 0.141 e. The van der Waals surface area contributed by atoms with E-state index in [4.69, 9.17) is 4.74 Å². The first-order valence-corrected chi connectivity index (χ1v) is 5.17. The summed E-state index contributed by atoms with van der Waals surface area (Å²) in [5, 5.41) is 3.07. The molecule has 0 aliphatic rings.